The van der Waals surface area contributed by atoms with Crippen LogP contribution in [-0.4, -0.2) is 22.8 Å². The van der Waals surface area contributed by atoms with Gasteiger partial charge in [-0.1, -0.05) is 44.9 Å². The van der Waals surface area contributed by atoms with Gasteiger partial charge in [0, 0.05) is 12.3 Å². The lowest BCUT2D eigenvalue weighted by Crippen LogP contribution is -2.45. The minimum atomic E-state index is -0.814. The van der Waals surface area contributed by atoms with Gasteiger partial charge >= 0.3 is 5.97 Å². The average Bonchev–Trinajstić information content (AvgIpc) is 2.51. The zero-order chi connectivity index (χ0) is 19.0. The van der Waals surface area contributed by atoms with E-state index in [2.05, 4.69) is 34.3 Å². The fourth-order valence-corrected chi connectivity index (χ4v) is 4.87. The molecular formula is C22H36O3. The molecule has 0 spiro atoms. The maximum Gasteiger partial charge on any atom is 0.302 e. The van der Waals surface area contributed by atoms with Gasteiger partial charge in [0.25, 0.3) is 0 Å². The summed E-state index contributed by atoms with van der Waals surface area (Å²) in [5, 5.41) is 10.4. The SMILES string of the molecule is C=CC(C)(O)CC[C@@]1(C)C2=C(CC[C@H]1C)C(C)(C)[C@@H](OC(C)=O)CC2. The normalized spacial score (nSPS) is 34.0. The Morgan fingerprint density at radius 3 is 2.48 bits per heavy atom. The van der Waals surface area contributed by atoms with E-state index in [1.807, 2.05) is 6.92 Å². The number of carbonyl (C=O) groups is 1. The first-order valence-corrected chi connectivity index (χ1v) is 9.70. The summed E-state index contributed by atoms with van der Waals surface area (Å²) in [6.07, 6.45) is 7.44. The van der Waals surface area contributed by atoms with Gasteiger partial charge in [0.1, 0.15) is 6.10 Å². The highest BCUT2D eigenvalue weighted by Crippen LogP contribution is 2.57. The van der Waals surface area contributed by atoms with Gasteiger partial charge in [-0.05, 0) is 56.8 Å². The summed E-state index contributed by atoms with van der Waals surface area (Å²) in [5.74, 6) is 0.407. The number of hydrogen-bond donors (Lipinski definition) is 1. The lowest BCUT2D eigenvalue weighted by Gasteiger charge is -2.52. The summed E-state index contributed by atoms with van der Waals surface area (Å²) in [6, 6.07) is 0. The zero-order valence-electron chi connectivity index (χ0n) is 16.9. The Morgan fingerprint density at radius 1 is 1.32 bits per heavy atom. The summed E-state index contributed by atoms with van der Waals surface area (Å²) >= 11 is 0. The van der Waals surface area contributed by atoms with E-state index in [1.165, 1.54) is 12.5 Å². The Morgan fingerprint density at radius 2 is 1.92 bits per heavy atom. The van der Waals surface area contributed by atoms with E-state index in [0.717, 1.165) is 38.5 Å². The van der Waals surface area contributed by atoms with Crippen LogP contribution in [0.5, 0.6) is 0 Å². The lowest BCUT2D eigenvalue weighted by molar-refractivity contribution is -0.152. The maximum absolute atomic E-state index is 11.5. The van der Waals surface area contributed by atoms with Gasteiger partial charge in [-0.2, -0.15) is 0 Å². The molecule has 0 saturated carbocycles. The van der Waals surface area contributed by atoms with E-state index in [1.54, 1.807) is 11.6 Å². The minimum absolute atomic E-state index is 0.0299. The van der Waals surface area contributed by atoms with Crippen molar-refractivity contribution in [3.8, 4) is 0 Å². The van der Waals surface area contributed by atoms with Crippen LogP contribution < -0.4 is 0 Å². The summed E-state index contributed by atoms with van der Waals surface area (Å²) in [5.41, 5.74) is 2.22. The monoisotopic (exact) mass is 348 g/mol. The van der Waals surface area contributed by atoms with Crippen molar-refractivity contribution in [1.82, 2.24) is 0 Å². The molecule has 3 nitrogen and oxygen atoms in total. The summed E-state index contributed by atoms with van der Waals surface area (Å²) in [4.78, 5) is 11.5. The Kier molecular flexibility index (Phi) is 5.59. The van der Waals surface area contributed by atoms with Gasteiger partial charge in [0.15, 0.2) is 0 Å². The van der Waals surface area contributed by atoms with Crippen molar-refractivity contribution in [2.24, 2.45) is 16.7 Å². The number of aliphatic hydroxyl groups is 1. The van der Waals surface area contributed by atoms with Crippen LogP contribution in [0.2, 0.25) is 0 Å². The van der Waals surface area contributed by atoms with E-state index in [4.69, 9.17) is 4.74 Å². The summed E-state index contributed by atoms with van der Waals surface area (Å²) in [6.45, 7) is 16.3. The Hall–Kier alpha value is -1.09. The van der Waals surface area contributed by atoms with Crippen molar-refractivity contribution in [3.05, 3.63) is 23.8 Å². The molecule has 0 fully saturated rings. The standard InChI is InChI=1S/C22H36O3/c1-8-21(6,24)13-14-22(7)15(2)9-10-17-18(22)11-12-19(20(17,4)5)25-16(3)23/h8,15,19,24H,1,9-14H2,2-7H3/t15-,19+,21?,22-/m1/s1. The van der Waals surface area contributed by atoms with Crippen LogP contribution in [0, 0.1) is 16.7 Å². The van der Waals surface area contributed by atoms with Crippen LogP contribution >= 0.6 is 0 Å². The molecule has 25 heavy (non-hydrogen) atoms. The summed E-state index contributed by atoms with van der Waals surface area (Å²) in [7, 11) is 0. The van der Waals surface area contributed by atoms with Crippen LogP contribution in [-0.2, 0) is 9.53 Å². The second-order valence-electron chi connectivity index (χ2n) is 9.23. The Balaban J connectivity index is 2.36. The van der Waals surface area contributed by atoms with E-state index in [0.29, 0.717) is 5.92 Å². The molecule has 0 heterocycles. The van der Waals surface area contributed by atoms with Gasteiger partial charge in [-0.3, -0.25) is 4.79 Å². The first-order valence-electron chi connectivity index (χ1n) is 9.70. The minimum Gasteiger partial charge on any atom is -0.462 e. The number of hydrogen-bond acceptors (Lipinski definition) is 3. The second kappa shape index (κ2) is 6.90. The average molecular weight is 349 g/mol. The molecule has 0 aromatic rings. The van der Waals surface area contributed by atoms with Crippen molar-refractivity contribution in [1.29, 1.82) is 0 Å². The molecule has 0 aromatic heterocycles. The molecule has 2 rings (SSSR count). The third-order valence-corrected chi connectivity index (χ3v) is 7.11. The molecule has 1 unspecified atom stereocenters. The van der Waals surface area contributed by atoms with Gasteiger partial charge in [-0.15, -0.1) is 6.58 Å². The smallest absolute Gasteiger partial charge is 0.302 e. The van der Waals surface area contributed by atoms with E-state index in [-0.39, 0.29) is 22.9 Å². The Bertz CT molecular complexity index is 570. The molecule has 2 aliphatic carbocycles. The van der Waals surface area contributed by atoms with Gasteiger partial charge in [0.2, 0.25) is 0 Å². The van der Waals surface area contributed by atoms with Crippen molar-refractivity contribution in [2.45, 2.75) is 91.8 Å². The first-order chi connectivity index (χ1) is 11.4. The molecule has 0 aliphatic heterocycles. The molecule has 4 atom stereocenters. The topological polar surface area (TPSA) is 46.5 Å². The van der Waals surface area contributed by atoms with Crippen molar-refractivity contribution >= 4 is 5.97 Å². The molecule has 142 valence electrons. The number of carbonyl (C=O) groups excluding carboxylic acids is 1. The third kappa shape index (κ3) is 3.86. The fraction of sp³-hybridized carbons (Fsp3) is 0.773. The largest absolute Gasteiger partial charge is 0.462 e. The summed E-state index contributed by atoms with van der Waals surface area (Å²) < 4.78 is 5.66. The molecule has 0 saturated heterocycles. The molecule has 2 aliphatic rings. The highest BCUT2D eigenvalue weighted by molar-refractivity contribution is 5.66. The lowest BCUT2D eigenvalue weighted by atomic mass is 9.54. The fourth-order valence-electron chi connectivity index (χ4n) is 4.87. The number of rotatable bonds is 5. The van der Waals surface area contributed by atoms with Crippen molar-refractivity contribution in [3.63, 3.8) is 0 Å². The molecule has 0 bridgehead atoms. The predicted octanol–water partition coefficient (Wildman–Crippen LogP) is 5.19. The van der Waals surface area contributed by atoms with Crippen LogP contribution in [0.4, 0.5) is 0 Å². The van der Waals surface area contributed by atoms with E-state index >= 15 is 0 Å². The Labute approximate surface area is 153 Å². The quantitative estimate of drug-likeness (QED) is 0.549. The number of allylic oxidation sites excluding steroid dienone is 1. The molecular weight excluding hydrogens is 312 g/mol. The molecule has 0 radical (unpaired) electrons. The van der Waals surface area contributed by atoms with Gasteiger partial charge < -0.3 is 9.84 Å². The second-order valence-corrected chi connectivity index (χ2v) is 9.23. The van der Waals surface area contributed by atoms with E-state index in [9.17, 15) is 9.90 Å². The first kappa shape index (κ1) is 20.2. The van der Waals surface area contributed by atoms with Crippen LogP contribution in [0.3, 0.4) is 0 Å². The highest BCUT2D eigenvalue weighted by atomic mass is 16.5. The molecule has 1 N–H and O–H groups in total. The predicted molar refractivity (Wildman–Crippen MR) is 102 cm³/mol. The van der Waals surface area contributed by atoms with Crippen molar-refractivity contribution in [2.75, 3.05) is 0 Å². The maximum atomic E-state index is 11.5. The molecule has 3 heteroatoms. The van der Waals surface area contributed by atoms with Crippen molar-refractivity contribution < 1.29 is 14.6 Å². The van der Waals surface area contributed by atoms with Gasteiger partial charge in [0.05, 0.1) is 5.60 Å². The third-order valence-electron chi connectivity index (χ3n) is 7.11. The number of ether oxygens (including phenoxy) is 1. The van der Waals surface area contributed by atoms with E-state index < -0.39 is 5.60 Å². The highest BCUT2D eigenvalue weighted by Gasteiger charge is 2.48. The van der Waals surface area contributed by atoms with Gasteiger partial charge in [-0.25, -0.2) is 0 Å². The van der Waals surface area contributed by atoms with Crippen LogP contribution in [0.1, 0.15) is 80.1 Å². The number of esters is 1. The zero-order valence-corrected chi connectivity index (χ0v) is 16.9. The molecule has 0 amide bonds. The molecule has 0 aromatic carbocycles. The van der Waals surface area contributed by atoms with Crippen LogP contribution in [0.25, 0.3) is 0 Å². The van der Waals surface area contributed by atoms with Crippen LogP contribution in [0.15, 0.2) is 23.8 Å².